The third-order valence-electron chi connectivity index (χ3n) is 1.93. The Labute approximate surface area is 70.2 Å². The summed E-state index contributed by atoms with van der Waals surface area (Å²) in [6.45, 7) is 0.565. The normalized spacial score (nSPS) is 15.4. The molecule has 0 aliphatic carbocycles. The fourth-order valence-electron chi connectivity index (χ4n) is 1.27. The summed E-state index contributed by atoms with van der Waals surface area (Å²) >= 11 is 0. The zero-order valence-electron chi connectivity index (χ0n) is 6.74. The number of amides is 1. The van der Waals surface area contributed by atoms with Gasteiger partial charge in [0.25, 0.3) is 5.91 Å². The van der Waals surface area contributed by atoms with E-state index in [-0.39, 0.29) is 5.91 Å². The van der Waals surface area contributed by atoms with E-state index in [1.54, 1.807) is 12.4 Å². The number of carbonyl (C=O) groups is 1. The van der Waals surface area contributed by atoms with Crippen LogP contribution in [-0.2, 0) is 0 Å². The van der Waals surface area contributed by atoms with Gasteiger partial charge in [0.2, 0.25) is 0 Å². The lowest BCUT2D eigenvalue weighted by atomic mass is 10.2. The Balaban J connectivity index is 2.55. The van der Waals surface area contributed by atoms with Crippen LogP contribution in [0.1, 0.15) is 10.4 Å². The second kappa shape index (κ2) is 2.48. The monoisotopic (exact) mass is 163 g/mol. The summed E-state index contributed by atoms with van der Waals surface area (Å²) in [5.41, 5.74) is 1.58. The van der Waals surface area contributed by atoms with Crippen molar-refractivity contribution in [1.29, 1.82) is 0 Å². The van der Waals surface area contributed by atoms with Crippen molar-refractivity contribution in [2.24, 2.45) is 0 Å². The van der Waals surface area contributed by atoms with E-state index in [0.29, 0.717) is 12.2 Å². The zero-order valence-corrected chi connectivity index (χ0v) is 6.74. The van der Waals surface area contributed by atoms with Crippen molar-refractivity contribution in [3.8, 4) is 0 Å². The van der Waals surface area contributed by atoms with Crippen LogP contribution in [0.2, 0.25) is 0 Å². The lowest BCUT2D eigenvalue weighted by Crippen LogP contribution is -2.41. The molecule has 0 atom stereocenters. The molecule has 0 saturated carbocycles. The number of aromatic nitrogens is 1. The van der Waals surface area contributed by atoms with Crippen LogP contribution in [0.5, 0.6) is 0 Å². The Hall–Kier alpha value is -1.58. The molecule has 1 aliphatic heterocycles. The topological polar surface area (TPSA) is 45.2 Å². The Bertz CT molecular complexity index is 324. The van der Waals surface area contributed by atoms with Gasteiger partial charge in [-0.3, -0.25) is 9.78 Å². The van der Waals surface area contributed by atoms with Gasteiger partial charge in [0.15, 0.2) is 0 Å². The van der Waals surface area contributed by atoms with Crippen LogP contribution in [0.15, 0.2) is 18.5 Å². The molecule has 0 bridgehead atoms. The van der Waals surface area contributed by atoms with Gasteiger partial charge in [0.1, 0.15) is 0 Å². The summed E-state index contributed by atoms with van der Waals surface area (Å²) in [6.07, 6.45) is 3.27. The largest absolute Gasteiger partial charge is 0.356 e. The molecule has 0 radical (unpaired) electrons. The van der Waals surface area contributed by atoms with Gasteiger partial charge in [-0.05, 0) is 6.07 Å². The lowest BCUT2D eigenvalue weighted by Gasteiger charge is -2.26. The van der Waals surface area contributed by atoms with Gasteiger partial charge < -0.3 is 10.2 Å². The predicted octanol–water partition coefficient (Wildman–Crippen LogP) is 0.219. The van der Waals surface area contributed by atoms with Gasteiger partial charge in [-0.2, -0.15) is 0 Å². The van der Waals surface area contributed by atoms with E-state index in [0.717, 1.165) is 5.69 Å². The van der Waals surface area contributed by atoms with Crippen molar-refractivity contribution in [1.82, 2.24) is 10.3 Å². The highest BCUT2D eigenvalue weighted by molar-refractivity contribution is 6.01. The summed E-state index contributed by atoms with van der Waals surface area (Å²) in [6, 6.07) is 1.84. The van der Waals surface area contributed by atoms with Crippen molar-refractivity contribution >= 4 is 11.6 Å². The second-order valence-corrected chi connectivity index (χ2v) is 2.75. The number of rotatable bonds is 0. The number of pyridine rings is 1. The van der Waals surface area contributed by atoms with Gasteiger partial charge in [0.05, 0.1) is 17.9 Å². The smallest absolute Gasteiger partial charge is 0.256 e. The third kappa shape index (κ3) is 0.922. The molecule has 1 aliphatic rings. The number of anilines is 1. The zero-order chi connectivity index (χ0) is 8.55. The molecular weight excluding hydrogens is 154 g/mol. The average molecular weight is 163 g/mol. The van der Waals surface area contributed by atoms with E-state index < -0.39 is 0 Å². The maximum absolute atomic E-state index is 11.3. The number of nitrogens with one attached hydrogen (secondary N) is 1. The van der Waals surface area contributed by atoms with Crippen molar-refractivity contribution in [3.63, 3.8) is 0 Å². The minimum Gasteiger partial charge on any atom is -0.356 e. The second-order valence-electron chi connectivity index (χ2n) is 2.75. The molecule has 12 heavy (non-hydrogen) atoms. The van der Waals surface area contributed by atoms with Gasteiger partial charge >= 0.3 is 0 Å². The van der Waals surface area contributed by atoms with Gasteiger partial charge in [-0.1, -0.05) is 0 Å². The van der Waals surface area contributed by atoms with Crippen LogP contribution >= 0.6 is 0 Å². The quantitative estimate of drug-likeness (QED) is 0.595. The average Bonchev–Trinajstić information content (AvgIpc) is 2.12. The maximum Gasteiger partial charge on any atom is 0.256 e. The highest BCUT2D eigenvalue weighted by Gasteiger charge is 2.19. The molecule has 0 spiro atoms. The summed E-state index contributed by atoms with van der Waals surface area (Å²) in [5, 5.41) is 2.73. The van der Waals surface area contributed by atoms with E-state index in [9.17, 15) is 4.79 Å². The van der Waals surface area contributed by atoms with Crippen molar-refractivity contribution in [2.45, 2.75) is 0 Å². The molecule has 1 N–H and O–H groups in total. The van der Waals surface area contributed by atoms with Crippen LogP contribution in [0.4, 0.5) is 5.69 Å². The minimum atomic E-state index is -0.0452. The Morgan fingerprint density at radius 1 is 1.67 bits per heavy atom. The molecule has 0 aromatic carbocycles. The van der Waals surface area contributed by atoms with Gasteiger partial charge in [-0.15, -0.1) is 0 Å². The molecule has 1 amide bonds. The molecule has 1 aromatic heterocycles. The third-order valence-corrected chi connectivity index (χ3v) is 1.93. The molecule has 62 valence electrons. The maximum atomic E-state index is 11.3. The molecule has 1 aromatic rings. The number of carbonyl (C=O) groups excluding carboxylic acids is 1. The first-order valence-electron chi connectivity index (χ1n) is 3.72. The first kappa shape index (κ1) is 7.09. The summed E-state index contributed by atoms with van der Waals surface area (Å²) < 4.78 is 0. The van der Waals surface area contributed by atoms with E-state index in [1.165, 1.54) is 0 Å². The fraction of sp³-hybridized carbons (Fsp3) is 0.250. The minimum absolute atomic E-state index is 0.0452. The molecule has 4 nitrogen and oxygen atoms in total. The lowest BCUT2D eigenvalue weighted by molar-refractivity contribution is 0.0948. The first-order chi connectivity index (χ1) is 5.79. The van der Waals surface area contributed by atoms with E-state index in [2.05, 4.69) is 10.3 Å². The molecular formula is C8H9N3O. The van der Waals surface area contributed by atoms with Crippen LogP contribution < -0.4 is 10.2 Å². The predicted molar refractivity (Wildman–Crippen MR) is 45.0 cm³/mol. The van der Waals surface area contributed by atoms with Crippen LogP contribution in [0, 0.1) is 0 Å². The van der Waals surface area contributed by atoms with Crippen molar-refractivity contribution in [3.05, 3.63) is 24.0 Å². The molecule has 0 unspecified atom stereocenters. The fourth-order valence-corrected chi connectivity index (χ4v) is 1.27. The number of fused-ring (bicyclic) bond motifs is 1. The van der Waals surface area contributed by atoms with Crippen molar-refractivity contribution < 1.29 is 4.79 Å². The number of nitrogens with zero attached hydrogens (tertiary/aromatic N) is 2. The van der Waals surface area contributed by atoms with E-state index in [4.69, 9.17) is 0 Å². The van der Waals surface area contributed by atoms with Gasteiger partial charge in [0, 0.05) is 19.4 Å². The van der Waals surface area contributed by atoms with Crippen molar-refractivity contribution in [2.75, 3.05) is 18.6 Å². The summed E-state index contributed by atoms with van der Waals surface area (Å²) in [7, 11) is 1.93. The molecule has 0 saturated heterocycles. The molecule has 4 heteroatoms. The highest BCUT2D eigenvalue weighted by atomic mass is 16.2. The Kier molecular flexibility index (Phi) is 1.46. The SMILES string of the molecule is CN1CNC(=O)c2cnccc21. The Morgan fingerprint density at radius 3 is 3.25 bits per heavy atom. The van der Waals surface area contributed by atoms with E-state index in [1.807, 2.05) is 18.0 Å². The van der Waals surface area contributed by atoms with Crippen LogP contribution in [0.3, 0.4) is 0 Å². The van der Waals surface area contributed by atoms with Gasteiger partial charge in [-0.25, -0.2) is 0 Å². The van der Waals surface area contributed by atoms with Crippen LogP contribution in [-0.4, -0.2) is 24.6 Å². The molecule has 0 fully saturated rings. The molecule has 2 rings (SSSR count). The Morgan fingerprint density at radius 2 is 2.50 bits per heavy atom. The van der Waals surface area contributed by atoms with E-state index >= 15 is 0 Å². The summed E-state index contributed by atoms with van der Waals surface area (Å²) in [5.74, 6) is -0.0452. The number of hydrogen-bond acceptors (Lipinski definition) is 3. The first-order valence-corrected chi connectivity index (χ1v) is 3.72. The standard InChI is InChI=1S/C8H9N3O/c1-11-5-10-8(12)6-4-9-3-2-7(6)11/h2-4H,5H2,1H3,(H,10,12). The summed E-state index contributed by atoms with van der Waals surface area (Å²) in [4.78, 5) is 17.1. The number of hydrogen-bond donors (Lipinski definition) is 1. The molecule has 2 heterocycles. The van der Waals surface area contributed by atoms with Crippen LogP contribution in [0.25, 0.3) is 0 Å². The highest BCUT2D eigenvalue weighted by Crippen LogP contribution is 2.19.